The van der Waals surface area contributed by atoms with Gasteiger partial charge in [0.25, 0.3) is 0 Å². The summed E-state index contributed by atoms with van der Waals surface area (Å²) >= 11 is 6.24. The molecule has 1 aliphatic heterocycles. The largest absolute Gasteiger partial charge is 0.357 e. The van der Waals surface area contributed by atoms with E-state index in [0.29, 0.717) is 6.54 Å². The third kappa shape index (κ3) is 5.43. The number of likely N-dealkylation sites (tertiary alicyclic amines) is 1. The Kier molecular flexibility index (Phi) is 7.06. The van der Waals surface area contributed by atoms with Crippen molar-refractivity contribution in [1.82, 2.24) is 30.3 Å². The number of aromatic nitrogens is 3. The van der Waals surface area contributed by atoms with Crippen molar-refractivity contribution < 1.29 is 0 Å². The van der Waals surface area contributed by atoms with Gasteiger partial charge in [0.05, 0.1) is 6.04 Å². The SMILES string of the molecule is CCNC(=NCc1ncnn1C)NCC(c1cccc(Cl)c1)N1CCCC1. The van der Waals surface area contributed by atoms with E-state index in [1.54, 1.807) is 11.0 Å². The number of hydrogen-bond donors (Lipinski definition) is 2. The third-order valence-electron chi connectivity index (χ3n) is 4.81. The van der Waals surface area contributed by atoms with Gasteiger partial charge in [-0.25, -0.2) is 9.98 Å². The third-order valence-corrected chi connectivity index (χ3v) is 5.04. The zero-order chi connectivity index (χ0) is 19.1. The highest BCUT2D eigenvalue weighted by Gasteiger charge is 2.23. The number of rotatable bonds is 7. The summed E-state index contributed by atoms with van der Waals surface area (Å²) in [6.45, 7) is 6.35. The molecule has 1 fully saturated rings. The van der Waals surface area contributed by atoms with E-state index in [4.69, 9.17) is 11.6 Å². The van der Waals surface area contributed by atoms with E-state index in [1.165, 1.54) is 18.4 Å². The average Bonchev–Trinajstić information content (AvgIpc) is 3.32. The van der Waals surface area contributed by atoms with E-state index in [0.717, 1.165) is 43.0 Å². The molecule has 0 saturated carbocycles. The standard InChI is InChI=1S/C19H28ClN7/c1-3-21-19(23-13-18-24-14-25-26(18)2)22-12-17(27-9-4-5-10-27)15-7-6-8-16(20)11-15/h6-8,11,14,17H,3-5,9-10,12-13H2,1-2H3,(H2,21,22,23). The maximum atomic E-state index is 6.24. The number of hydrogen-bond acceptors (Lipinski definition) is 4. The maximum Gasteiger partial charge on any atom is 0.191 e. The summed E-state index contributed by atoms with van der Waals surface area (Å²) < 4.78 is 1.74. The molecule has 0 amide bonds. The fourth-order valence-corrected chi connectivity index (χ4v) is 3.57. The summed E-state index contributed by atoms with van der Waals surface area (Å²) in [5.41, 5.74) is 1.24. The highest BCUT2D eigenvalue weighted by molar-refractivity contribution is 6.30. The van der Waals surface area contributed by atoms with E-state index in [-0.39, 0.29) is 6.04 Å². The van der Waals surface area contributed by atoms with Gasteiger partial charge in [0.1, 0.15) is 18.7 Å². The second-order valence-electron chi connectivity index (χ2n) is 6.69. The Morgan fingerprint density at radius 2 is 2.11 bits per heavy atom. The van der Waals surface area contributed by atoms with Gasteiger partial charge in [-0.2, -0.15) is 5.10 Å². The van der Waals surface area contributed by atoms with Crippen LogP contribution in [0.4, 0.5) is 0 Å². The molecule has 0 bridgehead atoms. The second-order valence-corrected chi connectivity index (χ2v) is 7.13. The molecular weight excluding hydrogens is 362 g/mol. The van der Waals surface area contributed by atoms with Crippen molar-refractivity contribution in [1.29, 1.82) is 0 Å². The smallest absolute Gasteiger partial charge is 0.191 e. The van der Waals surface area contributed by atoms with Crippen LogP contribution in [0.5, 0.6) is 0 Å². The number of halogens is 1. The summed E-state index contributed by atoms with van der Waals surface area (Å²) in [5, 5.41) is 11.7. The lowest BCUT2D eigenvalue weighted by atomic mass is 10.1. The molecule has 7 nitrogen and oxygen atoms in total. The Morgan fingerprint density at radius 1 is 1.30 bits per heavy atom. The molecule has 2 N–H and O–H groups in total. The lowest BCUT2D eigenvalue weighted by molar-refractivity contribution is 0.245. The summed E-state index contributed by atoms with van der Waals surface area (Å²) in [7, 11) is 1.88. The van der Waals surface area contributed by atoms with Crippen LogP contribution in [0, 0.1) is 0 Å². The van der Waals surface area contributed by atoms with Gasteiger partial charge >= 0.3 is 0 Å². The number of guanidine groups is 1. The number of nitrogens with one attached hydrogen (secondary N) is 2. The first-order chi connectivity index (χ1) is 13.2. The van der Waals surface area contributed by atoms with E-state index >= 15 is 0 Å². The monoisotopic (exact) mass is 389 g/mol. The first kappa shape index (κ1) is 19.6. The van der Waals surface area contributed by atoms with Crippen LogP contribution in [0.1, 0.15) is 37.2 Å². The van der Waals surface area contributed by atoms with Crippen molar-refractivity contribution in [2.75, 3.05) is 26.2 Å². The lowest BCUT2D eigenvalue weighted by Crippen LogP contribution is -2.42. The highest BCUT2D eigenvalue weighted by atomic mass is 35.5. The molecule has 3 rings (SSSR count). The van der Waals surface area contributed by atoms with E-state index < -0.39 is 0 Å². The van der Waals surface area contributed by atoms with Crippen LogP contribution < -0.4 is 10.6 Å². The molecular formula is C19H28ClN7. The van der Waals surface area contributed by atoms with Gasteiger partial charge < -0.3 is 10.6 Å². The van der Waals surface area contributed by atoms with Gasteiger partial charge in [0.2, 0.25) is 0 Å². The summed E-state index contributed by atoms with van der Waals surface area (Å²) in [6.07, 6.45) is 4.04. The molecule has 1 atom stereocenters. The Hall–Kier alpha value is -2.12. The Balaban J connectivity index is 1.70. The Labute approximate surface area is 165 Å². The van der Waals surface area contributed by atoms with Gasteiger partial charge in [-0.3, -0.25) is 9.58 Å². The van der Waals surface area contributed by atoms with E-state index in [1.807, 2.05) is 19.2 Å². The Bertz CT molecular complexity index is 752. The number of benzene rings is 1. The van der Waals surface area contributed by atoms with E-state index in [9.17, 15) is 0 Å². The first-order valence-electron chi connectivity index (χ1n) is 9.52. The first-order valence-corrected chi connectivity index (χ1v) is 9.89. The number of aliphatic imine (C=N–C) groups is 1. The summed E-state index contributed by atoms with van der Waals surface area (Å²) in [5.74, 6) is 1.62. The van der Waals surface area contributed by atoms with Gasteiger partial charge in [0, 0.05) is 25.2 Å². The van der Waals surface area contributed by atoms with Crippen molar-refractivity contribution in [3.63, 3.8) is 0 Å². The van der Waals surface area contributed by atoms with Crippen LogP contribution in [-0.4, -0.2) is 51.8 Å². The minimum absolute atomic E-state index is 0.268. The molecule has 1 aromatic heterocycles. The van der Waals surface area contributed by atoms with Crippen molar-refractivity contribution in [3.05, 3.63) is 47.0 Å². The average molecular weight is 390 g/mol. The molecule has 1 aliphatic rings. The minimum atomic E-state index is 0.268. The lowest BCUT2D eigenvalue weighted by Gasteiger charge is -2.29. The molecule has 8 heteroatoms. The van der Waals surface area contributed by atoms with E-state index in [2.05, 4.69) is 49.7 Å². The summed E-state index contributed by atoms with van der Waals surface area (Å²) in [4.78, 5) is 11.4. The quantitative estimate of drug-likeness (QED) is 0.562. The fraction of sp³-hybridized carbons (Fsp3) is 0.526. The van der Waals surface area contributed by atoms with Crippen molar-refractivity contribution in [3.8, 4) is 0 Å². The van der Waals surface area contributed by atoms with Crippen LogP contribution in [0.3, 0.4) is 0 Å². The second kappa shape index (κ2) is 9.71. The fourth-order valence-electron chi connectivity index (χ4n) is 3.37. The topological polar surface area (TPSA) is 70.4 Å². The molecule has 0 spiro atoms. The molecule has 146 valence electrons. The predicted molar refractivity (Wildman–Crippen MR) is 109 cm³/mol. The minimum Gasteiger partial charge on any atom is -0.357 e. The van der Waals surface area contributed by atoms with Crippen LogP contribution in [0.2, 0.25) is 5.02 Å². The van der Waals surface area contributed by atoms with Crippen LogP contribution in [0.25, 0.3) is 0 Å². The zero-order valence-corrected chi connectivity index (χ0v) is 16.8. The summed E-state index contributed by atoms with van der Waals surface area (Å²) in [6, 6.07) is 8.43. The molecule has 0 aliphatic carbocycles. The molecule has 1 unspecified atom stereocenters. The van der Waals surface area contributed by atoms with Crippen LogP contribution in [-0.2, 0) is 13.6 Å². The number of aryl methyl sites for hydroxylation is 1. The molecule has 1 aromatic carbocycles. The molecule has 0 radical (unpaired) electrons. The molecule has 2 aromatic rings. The van der Waals surface area contributed by atoms with Gasteiger partial charge in [-0.15, -0.1) is 0 Å². The normalized spacial score (nSPS) is 16.5. The van der Waals surface area contributed by atoms with Crippen molar-refractivity contribution in [2.24, 2.45) is 12.0 Å². The maximum absolute atomic E-state index is 6.24. The van der Waals surface area contributed by atoms with Gasteiger partial charge in [0.15, 0.2) is 5.96 Å². The van der Waals surface area contributed by atoms with Gasteiger partial charge in [-0.05, 0) is 50.6 Å². The predicted octanol–water partition coefficient (Wildman–Crippen LogP) is 2.36. The highest BCUT2D eigenvalue weighted by Crippen LogP contribution is 2.26. The molecule has 2 heterocycles. The number of nitrogens with zero attached hydrogens (tertiary/aromatic N) is 5. The van der Waals surface area contributed by atoms with Crippen LogP contribution >= 0.6 is 11.6 Å². The van der Waals surface area contributed by atoms with Gasteiger partial charge in [-0.1, -0.05) is 23.7 Å². The molecule has 27 heavy (non-hydrogen) atoms. The van der Waals surface area contributed by atoms with Crippen molar-refractivity contribution >= 4 is 17.6 Å². The van der Waals surface area contributed by atoms with Crippen LogP contribution in [0.15, 0.2) is 35.6 Å². The zero-order valence-electron chi connectivity index (χ0n) is 16.0. The van der Waals surface area contributed by atoms with Crippen molar-refractivity contribution in [2.45, 2.75) is 32.4 Å². The molecule has 1 saturated heterocycles. The Morgan fingerprint density at radius 3 is 2.78 bits per heavy atom.